The van der Waals surface area contributed by atoms with E-state index in [2.05, 4.69) is 32.7 Å². The first-order chi connectivity index (χ1) is 9.17. The topological polar surface area (TPSA) is 75.9 Å². The highest BCUT2D eigenvalue weighted by molar-refractivity contribution is 5.42. The van der Waals surface area contributed by atoms with Crippen LogP contribution in [0.15, 0.2) is 16.7 Å². The van der Waals surface area contributed by atoms with Crippen LogP contribution < -0.4 is 10.6 Å². The van der Waals surface area contributed by atoms with E-state index in [0.29, 0.717) is 12.5 Å². The molecule has 0 amide bonds. The number of hydrogen-bond acceptors (Lipinski definition) is 6. The summed E-state index contributed by atoms with van der Waals surface area (Å²) < 4.78 is 5.02. The van der Waals surface area contributed by atoms with E-state index in [1.54, 1.807) is 0 Å². The first-order valence-electron chi connectivity index (χ1n) is 6.43. The number of aryl methyl sites for hydroxylation is 2. The van der Waals surface area contributed by atoms with Gasteiger partial charge in [0.1, 0.15) is 17.3 Å². The van der Waals surface area contributed by atoms with Gasteiger partial charge in [-0.25, -0.2) is 4.98 Å². The highest BCUT2D eigenvalue weighted by atomic mass is 16.5. The van der Waals surface area contributed by atoms with Gasteiger partial charge in [-0.15, -0.1) is 0 Å². The van der Waals surface area contributed by atoms with Gasteiger partial charge in [0.15, 0.2) is 0 Å². The van der Waals surface area contributed by atoms with Gasteiger partial charge >= 0.3 is 0 Å². The molecular formula is C13H19N5O. The molecule has 0 atom stereocenters. The zero-order valence-corrected chi connectivity index (χ0v) is 11.5. The van der Waals surface area contributed by atoms with E-state index >= 15 is 0 Å². The number of hydrogen-bond donors (Lipinski definition) is 2. The summed E-state index contributed by atoms with van der Waals surface area (Å²) in [6.07, 6.45) is 1.04. The molecule has 2 heterocycles. The van der Waals surface area contributed by atoms with Gasteiger partial charge in [-0.1, -0.05) is 12.1 Å². The molecule has 0 bridgehead atoms. The van der Waals surface area contributed by atoms with E-state index in [4.69, 9.17) is 4.52 Å². The predicted octanol–water partition coefficient (Wildman–Crippen LogP) is 2.52. The first-order valence-corrected chi connectivity index (χ1v) is 6.43. The van der Waals surface area contributed by atoms with Crippen molar-refractivity contribution in [1.29, 1.82) is 0 Å². The molecule has 6 heteroatoms. The molecule has 102 valence electrons. The monoisotopic (exact) mass is 261 g/mol. The van der Waals surface area contributed by atoms with Crippen LogP contribution in [0.5, 0.6) is 0 Å². The molecule has 2 rings (SSSR count). The summed E-state index contributed by atoms with van der Waals surface area (Å²) in [4.78, 5) is 8.74. The fraction of sp³-hybridized carbons (Fsp3) is 0.462. The van der Waals surface area contributed by atoms with Crippen molar-refractivity contribution in [3.05, 3.63) is 29.3 Å². The minimum absolute atomic E-state index is 0.584. The Kier molecular flexibility index (Phi) is 4.33. The van der Waals surface area contributed by atoms with Crippen molar-refractivity contribution in [3.8, 4) is 0 Å². The van der Waals surface area contributed by atoms with Crippen LogP contribution in [0.25, 0.3) is 0 Å². The molecule has 2 aromatic heterocycles. The molecule has 19 heavy (non-hydrogen) atoms. The molecule has 0 aromatic carbocycles. The molecule has 2 aromatic rings. The molecule has 0 aliphatic rings. The van der Waals surface area contributed by atoms with Gasteiger partial charge < -0.3 is 15.2 Å². The lowest BCUT2D eigenvalue weighted by atomic mass is 10.3. The molecule has 0 aliphatic heterocycles. The van der Waals surface area contributed by atoms with E-state index in [1.165, 1.54) is 0 Å². The Hall–Kier alpha value is -2.11. The maximum atomic E-state index is 5.02. The second-order valence-corrected chi connectivity index (χ2v) is 4.43. The summed E-state index contributed by atoms with van der Waals surface area (Å²) >= 11 is 0. The van der Waals surface area contributed by atoms with E-state index in [9.17, 15) is 0 Å². The van der Waals surface area contributed by atoms with Crippen LogP contribution >= 0.6 is 0 Å². The number of nitrogens with one attached hydrogen (secondary N) is 2. The van der Waals surface area contributed by atoms with Crippen LogP contribution in [-0.4, -0.2) is 21.7 Å². The van der Waals surface area contributed by atoms with Crippen molar-refractivity contribution in [3.63, 3.8) is 0 Å². The van der Waals surface area contributed by atoms with Gasteiger partial charge in [-0.2, -0.15) is 4.98 Å². The Morgan fingerprint density at radius 2 is 2.00 bits per heavy atom. The molecule has 2 N–H and O–H groups in total. The second kappa shape index (κ2) is 6.17. The largest absolute Gasteiger partial charge is 0.364 e. The van der Waals surface area contributed by atoms with Crippen molar-refractivity contribution >= 4 is 11.8 Å². The van der Waals surface area contributed by atoms with Crippen molar-refractivity contribution in [2.75, 3.05) is 17.2 Å². The van der Waals surface area contributed by atoms with E-state index in [1.807, 2.05) is 26.0 Å². The Morgan fingerprint density at radius 3 is 2.68 bits per heavy atom. The first kappa shape index (κ1) is 13.3. The minimum atomic E-state index is 0.584. The molecule has 0 fully saturated rings. The molecule has 0 radical (unpaired) electrons. The Morgan fingerprint density at radius 1 is 1.16 bits per heavy atom. The van der Waals surface area contributed by atoms with Gasteiger partial charge in [-0.05, 0) is 20.3 Å². The summed E-state index contributed by atoms with van der Waals surface area (Å²) in [5.41, 5.74) is 1.78. The zero-order valence-electron chi connectivity index (χ0n) is 11.5. The van der Waals surface area contributed by atoms with E-state index in [0.717, 1.165) is 35.9 Å². The van der Waals surface area contributed by atoms with Gasteiger partial charge in [0, 0.05) is 24.4 Å². The molecular weight excluding hydrogens is 242 g/mol. The summed E-state index contributed by atoms with van der Waals surface area (Å²) in [6.45, 7) is 7.38. The van der Waals surface area contributed by atoms with Gasteiger partial charge in [0.25, 0.3) is 0 Å². The highest BCUT2D eigenvalue weighted by Crippen LogP contribution is 2.11. The van der Waals surface area contributed by atoms with Gasteiger partial charge in [0.2, 0.25) is 5.95 Å². The predicted molar refractivity (Wildman–Crippen MR) is 74.1 cm³/mol. The van der Waals surface area contributed by atoms with Gasteiger partial charge in [0.05, 0.1) is 6.54 Å². The fourth-order valence-corrected chi connectivity index (χ4v) is 1.66. The molecule has 0 saturated heterocycles. The number of rotatable bonds is 6. The van der Waals surface area contributed by atoms with Crippen molar-refractivity contribution in [2.24, 2.45) is 0 Å². The average molecular weight is 261 g/mol. The maximum Gasteiger partial charge on any atom is 0.224 e. The minimum Gasteiger partial charge on any atom is -0.364 e. The third kappa shape index (κ3) is 3.94. The molecule has 0 unspecified atom stereocenters. The maximum absolute atomic E-state index is 5.02. The SMILES string of the molecule is CCCNc1nc(C)cc(NCc2cc(C)on2)n1. The summed E-state index contributed by atoms with van der Waals surface area (Å²) in [5.74, 6) is 2.24. The normalized spacial score (nSPS) is 10.5. The molecule has 0 aliphatic carbocycles. The molecule has 0 spiro atoms. The van der Waals surface area contributed by atoms with Gasteiger partial charge in [-0.3, -0.25) is 0 Å². The van der Waals surface area contributed by atoms with Crippen molar-refractivity contribution in [1.82, 2.24) is 15.1 Å². The van der Waals surface area contributed by atoms with Crippen LogP contribution in [0.2, 0.25) is 0 Å². The van der Waals surface area contributed by atoms with E-state index in [-0.39, 0.29) is 0 Å². The lowest BCUT2D eigenvalue weighted by molar-refractivity contribution is 0.391. The molecule has 0 saturated carbocycles. The third-order valence-electron chi connectivity index (χ3n) is 2.51. The third-order valence-corrected chi connectivity index (χ3v) is 2.51. The lowest BCUT2D eigenvalue weighted by Gasteiger charge is -2.08. The van der Waals surface area contributed by atoms with Crippen LogP contribution in [0, 0.1) is 13.8 Å². The summed E-state index contributed by atoms with van der Waals surface area (Å²) in [6, 6.07) is 3.81. The Balaban J connectivity index is 2.01. The fourth-order valence-electron chi connectivity index (χ4n) is 1.66. The number of anilines is 2. The van der Waals surface area contributed by atoms with Crippen LogP contribution in [0.1, 0.15) is 30.5 Å². The Labute approximate surface area is 112 Å². The quantitative estimate of drug-likeness (QED) is 0.832. The van der Waals surface area contributed by atoms with Crippen molar-refractivity contribution < 1.29 is 4.52 Å². The standard InChI is InChI=1S/C13H19N5O/c1-4-5-14-13-16-9(2)6-12(17-13)15-8-11-7-10(3)19-18-11/h6-7H,4-5,8H2,1-3H3,(H2,14,15,16,17). The average Bonchev–Trinajstić information content (AvgIpc) is 2.79. The zero-order chi connectivity index (χ0) is 13.7. The van der Waals surface area contributed by atoms with Crippen LogP contribution in [-0.2, 0) is 6.54 Å². The van der Waals surface area contributed by atoms with Crippen LogP contribution in [0.4, 0.5) is 11.8 Å². The number of nitrogens with zero attached hydrogens (tertiary/aromatic N) is 3. The second-order valence-electron chi connectivity index (χ2n) is 4.43. The summed E-state index contributed by atoms with van der Waals surface area (Å²) in [5, 5.41) is 10.3. The lowest BCUT2D eigenvalue weighted by Crippen LogP contribution is -2.08. The van der Waals surface area contributed by atoms with Crippen LogP contribution in [0.3, 0.4) is 0 Å². The molecule has 6 nitrogen and oxygen atoms in total. The van der Waals surface area contributed by atoms with Crippen molar-refractivity contribution in [2.45, 2.75) is 33.7 Å². The summed E-state index contributed by atoms with van der Waals surface area (Å²) in [7, 11) is 0. The number of aromatic nitrogens is 3. The highest BCUT2D eigenvalue weighted by Gasteiger charge is 2.04. The van der Waals surface area contributed by atoms with E-state index < -0.39 is 0 Å². The Bertz CT molecular complexity index is 538. The smallest absolute Gasteiger partial charge is 0.224 e.